The number of carbonyl (C=O) groups excluding carboxylic acids is 1. The van der Waals surface area contributed by atoms with Crippen LogP contribution >= 0.6 is 0 Å². The van der Waals surface area contributed by atoms with Crippen molar-refractivity contribution in [3.63, 3.8) is 0 Å². The zero-order valence-electron chi connectivity index (χ0n) is 11.0. The molecular formula is C16H17NO2. The number of ether oxygens (including phenoxy) is 1. The minimum atomic E-state index is 0.0246. The first-order valence-corrected chi connectivity index (χ1v) is 6.39. The predicted octanol–water partition coefficient (Wildman–Crippen LogP) is 3.30. The van der Waals surface area contributed by atoms with Crippen molar-refractivity contribution >= 4 is 5.78 Å². The molecule has 19 heavy (non-hydrogen) atoms. The van der Waals surface area contributed by atoms with Crippen LogP contribution in [0.5, 0.6) is 5.88 Å². The van der Waals surface area contributed by atoms with E-state index >= 15 is 0 Å². The Kier molecular flexibility index (Phi) is 4.67. The van der Waals surface area contributed by atoms with Crippen molar-refractivity contribution in [3.05, 3.63) is 59.8 Å². The van der Waals surface area contributed by atoms with Crippen LogP contribution in [0, 0.1) is 0 Å². The average Bonchev–Trinajstić information content (AvgIpc) is 2.45. The van der Waals surface area contributed by atoms with Crippen LogP contribution in [0.2, 0.25) is 0 Å². The molecule has 0 radical (unpaired) electrons. The lowest BCUT2D eigenvalue weighted by Gasteiger charge is -2.06. The van der Waals surface area contributed by atoms with Gasteiger partial charge in [0.25, 0.3) is 0 Å². The van der Waals surface area contributed by atoms with E-state index in [0.29, 0.717) is 18.1 Å². The molecule has 1 aromatic heterocycles. The normalized spacial score (nSPS) is 10.2. The van der Waals surface area contributed by atoms with Gasteiger partial charge in [0.15, 0.2) is 5.78 Å². The molecule has 0 saturated carbocycles. The largest absolute Gasteiger partial charge is 0.478 e. The summed E-state index contributed by atoms with van der Waals surface area (Å²) in [6, 6.07) is 13.7. The molecule has 0 fully saturated rings. The van der Waals surface area contributed by atoms with Crippen LogP contribution in [-0.2, 0) is 6.42 Å². The quantitative estimate of drug-likeness (QED) is 0.587. The third-order valence-electron chi connectivity index (χ3n) is 2.84. The third kappa shape index (κ3) is 4.21. The first kappa shape index (κ1) is 13.3. The third-order valence-corrected chi connectivity index (χ3v) is 2.84. The molecule has 1 aromatic carbocycles. The van der Waals surface area contributed by atoms with E-state index in [0.717, 1.165) is 12.8 Å². The van der Waals surface area contributed by atoms with Gasteiger partial charge in [-0.05, 0) is 31.4 Å². The summed E-state index contributed by atoms with van der Waals surface area (Å²) >= 11 is 0. The number of carbonyl (C=O) groups is 1. The smallest absolute Gasteiger partial charge is 0.213 e. The highest BCUT2D eigenvalue weighted by Crippen LogP contribution is 2.10. The Labute approximate surface area is 113 Å². The molecule has 1 heterocycles. The molecular weight excluding hydrogens is 238 g/mol. The van der Waals surface area contributed by atoms with Gasteiger partial charge in [0.1, 0.15) is 0 Å². The van der Waals surface area contributed by atoms with E-state index in [1.54, 1.807) is 18.3 Å². The van der Waals surface area contributed by atoms with Crippen LogP contribution in [0.25, 0.3) is 0 Å². The van der Waals surface area contributed by atoms with E-state index in [2.05, 4.69) is 17.1 Å². The molecule has 0 saturated heterocycles. The number of aryl methyl sites for hydroxylation is 1. The summed E-state index contributed by atoms with van der Waals surface area (Å²) in [7, 11) is 0. The van der Waals surface area contributed by atoms with Gasteiger partial charge in [0.2, 0.25) is 5.88 Å². The molecule has 0 bridgehead atoms. The van der Waals surface area contributed by atoms with E-state index in [-0.39, 0.29) is 5.78 Å². The highest BCUT2D eigenvalue weighted by Gasteiger charge is 2.02. The van der Waals surface area contributed by atoms with Gasteiger partial charge < -0.3 is 4.74 Å². The van der Waals surface area contributed by atoms with E-state index in [1.807, 2.05) is 18.2 Å². The maximum atomic E-state index is 11.2. The Morgan fingerprint density at radius 1 is 1.21 bits per heavy atom. The molecule has 0 N–H and O–H groups in total. The number of aromatic nitrogens is 1. The standard InChI is InChI=1S/C16H17NO2/c1-13(18)15-9-10-17-16(12-15)19-11-5-8-14-6-3-2-4-7-14/h2-4,6-7,9-10,12H,5,8,11H2,1H3. The summed E-state index contributed by atoms with van der Waals surface area (Å²) in [6.45, 7) is 2.14. The van der Waals surface area contributed by atoms with Gasteiger partial charge >= 0.3 is 0 Å². The lowest BCUT2D eigenvalue weighted by Crippen LogP contribution is -2.02. The molecule has 0 aliphatic heterocycles. The van der Waals surface area contributed by atoms with E-state index < -0.39 is 0 Å². The fraction of sp³-hybridized carbons (Fsp3) is 0.250. The Hall–Kier alpha value is -2.16. The average molecular weight is 255 g/mol. The Bertz CT molecular complexity index is 537. The van der Waals surface area contributed by atoms with Crippen molar-refractivity contribution in [3.8, 4) is 5.88 Å². The monoisotopic (exact) mass is 255 g/mol. The second-order valence-corrected chi connectivity index (χ2v) is 4.38. The number of ketones is 1. The van der Waals surface area contributed by atoms with E-state index in [9.17, 15) is 4.79 Å². The van der Waals surface area contributed by atoms with Gasteiger partial charge in [0, 0.05) is 17.8 Å². The van der Waals surface area contributed by atoms with Gasteiger partial charge in [-0.25, -0.2) is 4.98 Å². The second-order valence-electron chi connectivity index (χ2n) is 4.38. The van der Waals surface area contributed by atoms with Crippen LogP contribution < -0.4 is 4.74 Å². The minimum absolute atomic E-state index is 0.0246. The first-order valence-electron chi connectivity index (χ1n) is 6.39. The summed E-state index contributed by atoms with van der Waals surface area (Å²) in [5.41, 5.74) is 1.93. The lowest BCUT2D eigenvalue weighted by molar-refractivity contribution is 0.101. The van der Waals surface area contributed by atoms with Crippen molar-refractivity contribution in [1.29, 1.82) is 0 Å². The fourth-order valence-corrected chi connectivity index (χ4v) is 1.81. The van der Waals surface area contributed by atoms with E-state index in [4.69, 9.17) is 4.74 Å². The summed E-state index contributed by atoms with van der Waals surface area (Å²) in [5, 5.41) is 0. The van der Waals surface area contributed by atoms with Crippen LogP contribution in [-0.4, -0.2) is 17.4 Å². The number of benzene rings is 1. The SMILES string of the molecule is CC(=O)c1ccnc(OCCCc2ccccc2)c1. The molecule has 98 valence electrons. The molecule has 3 heteroatoms. The van der Waals surface area contributed by atoms with Gasteiger partial charge in [-0.2, -0.15) is 0 Å². The van der Waals surface area contributed by atoms with Gasteiger partial charge in [-0.3, -0.25) is 4.79 Å². The minimum Gasteiger partial charge on any atom is -0.478 e. The zero-order valence-corrected chi connectivity index (χ0v) is 11.0. The Morgan fingerprint density at radius 3 is 2.74 bits per heavy atom. The number of Topliss-reactive ketones (excluding diaryl/α,β-unsaturated/α-hetero) is 1. The summed E-state index contributed by atoms with van der Waals surface area (Å²) < 4.78 is 5.56. The topological polar surface area (TPSA) is 39.2 Å². The van der Waals surface area contributed by atoms with Crippen LogP contribution in [0.4, 0.5) is 0 Å². The number of pyridine rings is 1. The molecule has 3 nitrogen and oxygen atoms in total. The number of hydrogen-bond acceptors (Lipinski definition) is 3. The molecule has 0 unspecified atom stereocenters. The van der Waals surface area contributed by atoms with Gasteiger partial charge in [-0.1, -0.05) is 30.3 Å². The van der Waals surface area contributed by atoms with Crippen molar-refractivity contribution in [1.82, 2.24) is 4.98 Å². The van der Waals surface area contributed by atoms with E-state index in [1.165, 1.54) is 12.5 Å². The molecule has 2 aromatic rings. The maximum absolute atomic E-state index is 11.2. The number of hydrogen-bond donors (Lipinski definition) is 0. The highest BCUT2D eigenvalue weighted by atomic mass is 16.5. The summed E-state index contributed by atoms with van der Waals surface area (Å²) in [5.74, 6) is 0.539. The maximum Gasteiger partial charge on any atom is 0.213 e. The van der Waals surface area contributed by atoms with Crippen molar-refractivity contribution < 1.29 is 9.53 Å². The molecule has 2 rings (SSSR count). The van der Waals surface area contributed by atoms with Crippen molar-refractivity contribution in [2.45, 2.75) is 19.8 Å². The van der Waals surface area contributed by atoms with Crippen LogP contribution in [0.1, 0.15) is 29.3 Å². The second kappa shape index (κ2) is 6.69. The van der Waals surface area contributed by atoms with Gasteiger partial charge in [-0.15, -0.1) is 0 Å². The van der Waals surface area contributed by atoms with Crippen molar-refractivity contribution in [2.24, 2.45) is 0 Å². The molecule has 0 atom stereocenters. The molecule has 0 amide bonds. The van der Waals surface area contributed by atoms with Crippen LogP contribution in [0.3, 0.4) is 0 Å². The van der Waals surface area contributed by atoms with Gasteiger partial charge in [0.05, 0.1) is 6.61 Å². The predicted molar refractivity (Wildman–Crippen MR) is 74.5 cm³/mol. The fourth-order valence-electron chi connectivity index (χ4n) is 1.81. The summed E-state index contributed by atoms with van der Waals surface area (Å²) in [4.78, 5) is 15.3. The van der Waals surface area contributed by atoms with Crippen molar-refractivity contribution in [2.75, 3.05) is 6.61 Å². The first-order chi connectivity index (χ1) is 9.25. The molecule has 0 aliphatic carbocycles. The zero-order chi connectivity index (χ0) is 13.5. The Morgan fingerprint density at radius 2 is 2.00 bits per heavy atom. The lowest BCUT2D eigenvalue weighted by atomic mass is 10.1. The number of rotatable bonds is 6. The highest BCUT2D eigenvalue weighted by molar-refractivity contribution is 5.94. The summed E-state index contributed by atoms with van der Waals surface area (Å²) in [6.07, 6.45) is 3.51. The Balaban J connectivity index is 1.80. The van der Waals surface area contributed by atoms with Crippen LogP contribution in [0.15, 0.2) is 48.7 Å². The molecule has 0 spiro atoms. The molecule has 0 aliphatic rings. The number of nitrogens with zero attached hydrogens (tertiary/aromatic N) is 1.